The first-order valence-corrected chi connectivity index (χ1v) is 10.6. The van der Waals surface area contributed by atoms with Crippen molar-refractivity contribution >= 4 is 5.91 Å². The number of amides is 1. The smallest absolute Gasteiger partial charge is 0.251 e. The molecule has 2 aromatic rings. The van der Waals surface area contributed by atoms with Crippen molar-refractivity contribution in [2.75, 3.05) is 32.8 Å². The van der Waals surface area contributed by atoms with E-state index in [1.807, 2.05) is 50.5 Å². The van der Waals surface area contributed by atoms with Crippen LogP contribution in [0.5, 0.6) is 0 Å². The average Bonchev–Trinajstić information content (AvgIpc) is 3.03. The Morgan fingerprint density at radius 1 is 1.23 bits per heavy atom. The molecule has 0 radical (unpaired) electrons. The normalized spacial score (nSPS) is 24.7. The summed E-state index contributed by atoms with van der Waals surface area (Å²) in [4.78, 5) is 23.4. The minimum atomic E-state index is -0.318. The summed E-state index contributed by atoms with van der Waals surface area (Å²) >= 11 is 0. The van der Waals surface area contributed by atoms with Crippen LogP contribution in [0.25, 0.3) is 0 Å². The van der Waals surface area contributed by atoms with Gasteiger partial charge in [-0.05, 0) is 38.8 Å². The number of rotatable bonds is 5. The Bertz CT molecular complexity index is 856. The lowest BCUT2D eigenvalue weighted by atomic mass is 10.00. The molecule has 1 spiro atoms. The van der Waals surface area contributed by atoms with E-state index in [2.05, 4.69) is 20.2 Å². The predicted molar refractivity (Wildman–Crippen MR) is 113 cm³/mol. The first-order chi connectivity index (χ1) is 14.5. The first kappa shape index (κ1) is 20.9. The van der Waals surface area contributed by atoms with Gasteiger partial charge in [-0.25, -0.2) is 9.97 Å². The van der Waals surface area contributed by atoms with Crippen LogP contribution >= 0.6 is 0 Å². The fourth-order valence-electron chi connectivity index (χ4n) is 4.15. The second-order valence-electron chi connectivity index (χ2n) is 8.44. The summed E-state index contributed by atoms with van der Waals surface area (Å²) < 4.78 is 12.3. The van der Waals surface area contributed by atoms with E-state index < -0.39 is 0 Å². The molecule has 2 aliphatic rings. The maximum Gasteiger partial charge on any atom is 0.251 e. The zero-order valence-electron chi connectivity index (χ0n) is 17.8. The topological polar surface area (TPSA) is 76.6 Å². The van der Waals surface area contributed by atoms with Crippen LogP contribution in [-0.4, -0.2) is 65.3 Å². The van der Waals surface area contributed by atoms with Gasteiger partial charge in [-0.1, -0.05) is 17.7 Å². The Morgan fingerprint density at radius 2 is 2.00 bits per heavy atom. The third kappa shape index (κ3) is 5.22. The number of hydrogen-bond acceptors (Lipinski definition) is 6. The van der Waals surface area contributed by atoms with Crippen molar-refractivity contribution in [1.29, 1.82) is 0 Å². The van der Waals surface area contributed by atoms with E-state index >= 15 is 0 Å². The fourth-order valence-corrected chi connectivity index (χ4v) is 4.15. The summed E-state index contributed by atoms with van der Waals surface area (Å²) in [7, 11) is 0. The second-order valence-corrected chi connectivity index (χ2v) is 8.44. The van der Waals surface area contributed by atoms with Crippen molar-refractivity contribution in [3.8, 4) is 0 Å². The molecule has 1 aromatic heterocycles. The Kier molecular flexibility index (Phi) is 6.41. The van der Waals surface area contributed by atoms with Crippen molar-refractivity contribution in [2.45, 2.75) is 44.9 Å². The zero-order chi connectivity index (χ0) is 21.0. The van der Waals surface area contributed by atoms with Crippen LogP contribution in [0, 0.1) is 13.8 Å². The SMILES string of the molecule is Cc1ccc(C(=O)NC[C@H]2CC[C@@]3(COCCN(Cc4cnc(C)nc4)C3)O2)cc1. The number of aryl methyl sites for hydroxylation is 2. The lowest BCUT2D eigenvalue weighted by Gasteiger charge is -2.32. The molecule has 2 fully saturated rings. The maximum absolute atomic E-state index is 12.4. The van der Waals surface area contributed by atoms with Gasteiger partial charge in [0.1, 0.15) is 11.4 Å². The quantitative estimate of drug-likeness (QED) is 0.815. The number of nitrogens with one attached hydrogen (secondary N) is 1. The second kappa shape index (κ2) is 9.20. The van der Waals surface area contributed by atoms with Gasteiger partial charge in [-0.2, -0.15) is 0 Å². The zero-order valence-corrected chi connectivity index (χ0v) is 17.8. The molecule has 2 saturated heterocycles. The van der Waals surface area contributed by atoms with Crippen LogP contribution in [0.1, 0.15) is 40.2 Å². The molecule has 4 rings (SSSR count). The van der Waals surface area contributed by atoms with Crippen LogP contribution in [-0.2, 0) is 16.0 Å². The Morgan fingerprint density at radius 3 is 2.77 bits per heavy atom. The molecule has 2 aliphatic heterocycles. The summed E-state index contributed by atoms with van der Waals surface area (Å²) in [6, 6.07) is 7.61. The van der Waals surface area contributed by atoms with Gasteiger partial charge in [0.15, 0.2) is 0 Å². The fraction of sp³-hybridized carbons (Fsp3) is 0.522. The molecule has 7 nitrogen and oxygen atoms in total. The van der Waals surface area contributed by atoms with Gasteiger partial charge in [0.25, 0.3) is 5.91 Å². The van der Waals surface area contributed by atoms with Crippen LogP contribution in [0.15, 0.2) is 36.7 Å². The number of hydrogen-bond donors (Lipinski definition) is 1. The number of nitrogens with zero attached hydrogens (tertiary/aromatic N) is 3. The highest BCUT2D eigenvalue weighted by molar-refractivity contribution is 5.94. The molecular formula is C23H30N4O3. The largest absolute Gasteiger partial charge is 0.377 e. The van der Waals surface area contributed by atoms with Crippen LogP contribution in [0.2, 0.25) is 0 Å². The van der Waals surface area contributed by atoms with Gasteiger partial charge >= 0.3 is 0 Å². The van der Waals surface area contributed by atoms with E-state index in [1.54, 1.807) is 0 Å². The van der Waals surface area contributed by atoms with Gasteiger partial charge in [0, 0.05) is 49.7 Å². The lowest BCUT2D eigenvalue weighted by molar-refractivity contribution is -0.0849. The van der Waals surface area contributed by atoms with E-state index in [1.165, 1.54) is 0 Å². The van der Waals surface area contributed by atoms with Gasteiger partial charge in [-0.3, -0.25) is 9.69 Å². The lowest BCUT2D eigenvalue weighted by Crippen LogP contribution is -2.45. The summed E-state index contributed by atoms with van der Waals surface area (Å²) in [6.45, 7) is 8.14. The Balaban J connectivity index is 1.32. The van der Waals surface area contributed by atoms with Crippen molar-refractivity contribution in [3.63, 3.8) is 0 Å². The molecule has 1 aromatic carbocycles. The number of benzene rings is 1. The van der Waals surface area contributed by atoms with Crippen molar-refractivity contribution in [1.82, 2.24) is 20.2 Å². The molecule has 1 amide bonds. The standard InChI is InChI=1S/C23H30N4O3/c1-17-3-5-20(6-4-17)22(28)26-13-21-7-8-23(30-21)15-27(9-10-29-16-23)14-19-11-24-18(2)25-12-19/h3-6,11-12,21H,7-10,13-16H2,1-2H3,(H,26,28)/t21-,23-/m1/s1. The summed E-state index contributed by atoms with van der Waals surface area (Å²) in [5.74, 6) is 0.724. The molecule has 30 heavy (non-hydrogen) atoms. The summed E-state index contributed by atoms with van der Waals surface area (Å²) in [5.41, 5.74) is 2.60. The molecule has 0 bridgehead atoms. The third-order valence-electron chi connectivity index (χ3n) is 5.81. The number of ether oxygens (including phenoxy) is 2. The Hall–Kier alpha value is -2.35. The summed E-state index contributed by atoms with van der Waals surface area (Å²) in [6.07, 6.45) is 5.63. The van der Waals surface area contributed by atoms with E-state index in [0.29, 0.717) is 25.3 Å². The number of carbonyl (C=O) groups excluding carboxylic acids is 1. The number of aromatic nitrogens is 2. The molecule has 3 heterocycles. The number of carbonyl (C=O) groups is 1. The van der Waals surface area contributed by atoms with E-state index in [0.717, 1.165) is 49.4 Å². The van der Waals surface area contributed by atoms with Crippen LogP contribution in [0.4, 0.5) is 0 Å². The minimum Gasteiger partial charge on any atom is -0.377 e. The van der Waals surface area contributed by atoms with Crippen LogP contribution < -0.4 is 5.32 Å². The van der Waals surface area contributed by atoms with Gasteiger partial charge < -0.3 is 14.8 Å². The van der Waals surface area contributed by atoms with Gasteiger partial charge in [0.05, 0.1) is 19.3 Å². The third-order valence-corrected chi connectivity index (χ3v) is 5.81. The van der Waals surface area contributed by atoms with Crippen molar-refractivity contribution in [2.24, 2.45) is 0 Å². The van der Waals surface area contributed by atoms with E-state index in [9.17, 15) is 4.79 Å². The minimum absolute atomic E-state index is 0.00524. The molecule has 2 atom stereocenters. The predicted octanol–water partition coefficient (Wildman–Crippen LogP) is 2.27. The Labute approximate surface area is 177 Å². The monoisotopic (exact) mass is 410 g/mol. The highest BCUT2D eigenvalue weighted by Gasteiger charge is 2.43. The average molecular weight is 411 g/mol. The molecule has 0 unspecified atom stereocenters. The molecular weight excluding hydrogens is 380 g/mol. The molecule has 160 valence electrons. The van der Waals surface area contributed by atoms with E-state index in [4.69, 9.17) is 9.47 Å². The maximum atomic E-state index is 12.4. The van der Waals surface area contributed by atoms with Crippen LogP contribution in [0.3, 0.4) is 0 Å². The molecule has 0 aliphatic carbocycles. The highest BCUT2D eigenvalue weighted by Crippen LogP contribution is 2.33. The van der Waals surface area contributed by atoms with Gasteiger partial charge in [0.2, 0.25) is 0 Å². The van der Waals surface area contributed by atoms with Crippen molar-refractivity contribution < 1.29 is 14.3 Å². The summed E-state index contributed by atoms with van der Waals surface area (Å²) in [5, 5.41) is 3.02. The van der Waals surface area contributed by atoms with Crippen molar-refractivity contribution in [3.05, 3.63) is 59.2 Å². The first-order valence-electron chi connectivity index (χ1n) is 10.6. The molecule has 7 heteroatoms. The molecule has 0 saturated carbocycles. The van der Waals surface area contributed by atoms with Gasteiger partial charge in [-0.15, -0.1) is 0 Å². The molecule has 1 N–H and O–H groups in total. The highest BCUT2D eigenvalue weighted by atomic mass is 16.6. The van der Waals surface area contributed by atoms with E-state index in [-0.39, 0.29) is 17.6 Å².